The lowest BCUT2D eigenvalue weighted by Gasteiger charge is -2.21. The standard InChI is InChI=1S/C19H14FN5O/c20-12-6-2-1-5-11(12)15-9-10-16(26-15)17-23-18(21)24-19-22-13-7-3-4-8-14(13)25(17)19/h1-10,17H,(H3,21,22,23,24). The van der Waals surface area contributed by atoms with Crippen molar-refractivity contribution in [3.63, 3.8) is 0 Å². The topological polar surface area (TPSA) is 81.4 Å². The molecule has 26 heavy (non-hydrogen) atoms. The fourth-order valence-electron chi connectivity index (χ4n) is 3.20. The Morgan fingerprint density at radius 1 is 1.04 bits per heavy atom. The number of aliphatic imine (C=N–C) groups is 1. The van der Waals surface area contributed by atoms with Crippen LogP contribution >= 0.6 is 0 Å². The Hall–Kier alpha value is -3.61. The molecule has 3 N–H and O–H groups in total. The summed E-state index contributed by atoms with van der Waals surface area (Å²) in [5.74, 6) is 1.50. The highest BCUT2D eigenvalue weighted by molar-refractivity contribution is 5.94. The van der Waals surface area contributed by atoms with Crippen LogP contribution in [-0.4, -0.2) is 15.5 Å². The van der Waals surface area contributed by atoms with Crippen molar-refractivity contribution < 1.29 is 8.81 Å². The molecule has 0 aliphatic carbocycles. The number of nitrogens with one attached hydrogen (secondary N) is 1. The van der Waals surface area contributed by atoms with Crippen molar-refractivity contribution in [1.82, 2.24) is 9.55 Å². The molecule has 1 atom stereocenters. The highest BCUT2D eigenvalue weighted by Gasteiger charge is 2.27. The lowest BCUT2D eigenvalue weighted by molar-refractivity contribution is 0.447. The molecular formula is C19H14FN5O. The van der Waals surface area contributed by atoms with Crippen LogP contribution in [0.5, 0.6) is 0 Å². The second-order valence-electron chi connectivity index (χ2n) is 5.99. The number of nitrogens with two attached hydrogens (primary N) is 1. The second kappa shape index (κ2) is 5.45. The van der Waals surface area contributed by atoms with E-state index in [0.29, 0.717) is 23.0 Å². The van der Waals surface area contributed by atoms with Crippen LogP contribution in [0.3, 0.4) is 0 Å². The fraction of sp³-hybridized carbons (Fsp3) is 0.0526. The van der Waals surface area contributed by atoms with Gasteiger partial charge < -0.3 is 10.2 Å². The molecule has 0 amide bonds. The number of benzene rings is 2. The first-order chi connectivity index (χ1) is 12.7. The number of nitrogens with zero attached hydrogens (tertiary/aromatic N) is 3. The van der Waals surface area contributed by atoms with Gasteiger partial charge in [0.2, 0.25) is 5.95 Å². The van der Waals surface area contributed by atoms with Gasteiger partial charge in [0.05, 0.1) is 16.6 Å². The van der Waals surface area contributed by atoms with Crippen LogP contribution in [0.2, 0.25) is 0 Å². The third kappa shape index (κ3) is 2.17. The Balaban J connectivity index is 1.65. The van der Waals surface area contributed by atoms with Crippen LogP contribution < -0.4 is 11.1 Å². The summed E-state index contributed by atoms with van der Waals surface area (Å²) in [5, 5.41) is 2.97. The maximum atomic E-state index is 14.1. The van der Waals surface area contributed by atoms with Crippen molar-refractivity contribution in [3.05, 3.63) is 72.2 Å². The van der Waals surface area contributed by atoms with E-state index in [0.717, 1.165) is 11.0 Å². The van der Waals surface area contributed by atoms with E-state index in [4.69, 9.17) is 10.2 Å². The quantitative estimate of drug-likeness (QED) is 0.579. The number of hydrogen-bond acceptors (Lipinski definition) is 5. The van der Waals surface area contributed by atoms with Crippen LogP contribution in [0.4, 0.5) is 10.3 Å². The molecule has 5 rings (SSSR count). The minimum atomic E-state index is -0.515. The van der Waals surface area contributed by atoms with E-state index < -0.39 is 6.17 Å². The van der Waals surface area contributed by atoms with Crippen molar-refractivity contribution in [2.45, 2.75) is 6.17 Å². The number of furan rings is 1. The molecule has 1 aliphatic rings. The highest BCUT2D eigenvalue weighted by atomic mass is 19.1. The van der Waals surface area contributed by atoms with E-state index in [-0.39, 0.29) is 11.8 Å². The fourth-order valence-corrected chi connectivity index (χ4v) is 3.20. The van der Waals surface area contributed by atoms with Gasteiger partial charge in [-0.2, -0.15) is 0 Å². The predicted molar refractivity (Wildman–Crippen MR) is 97.2 cm³/mol. The van der Waals surface area contributed by atoms with Crippen LogP contribution in [0, 0.1) is 5.82 Å². The number of rotatable bonds is 2. The van der Waals surface area contributed by atoms with E-state index in [2.05, 4.69) is 15.3 Å². The van der Waals surface area contributed by atoms with Crippen molar-refractivity contribution in [2.75, 3.05) is 5.32 Å². The SMILES string of the molecule is NC1=NC(c2ccc(-c3ccccc3F)o2)n2c(nc3ccccc32)N1. The van der Waals surface area contributed by atoms with Crippen molar-refractivity contribution >= 4 is 22.9 Å². The van der Waals surface area contributed by atoms with E-state index >= 15 is 0 Å². The molecule has 0 bridgehead atoms. The van der Waals surface area contributed by atoms with E-state index in [1.807, 2.05) is 28.8 Å². The van der Waals surface area contributed by atoms with E-state index in [1.54, 1.807) is 30.3 Å². The number of guanidine groups is 1. The molecule has 7 heteroatoms. The summed E-state index contributed by atoms with van der Waals surface area (Å²) in [5.41, 5.74) is 8.06. The van der Waals surface area contributed by atoms with Crippen LogP contribution in [0.25, 0.3) is 22.4 Å². The molecule has 6 nitrogen and oxygen atoms in total. The average Bonchev–Trinajstić information content (AvgIpc) is 3.26. The Morgan fingerprint density at radius 2 is 1.85 bits per heavy atom. The van der Waals surface area contributed by atoms with Crippen LogP contribution in [0.1, 0.15) is 11.9 Å². The van der Waals surface area contributed by atoms with Gasteiger partial charge in [0.15, 0.2) is 12.1 Å². The molecule has 4 aromatic rings. The zero-order valence-electron chi connectivity index (χ0n) is 13.6. The molecular weight excluding hydrogens is 333 g/mol. The average molecular weight is 347 g/mol. The Bertz CT molecular complexity index is 1160. The lowest BCUT2D eigenvalue weighted by atomic mass is 10.1. The molecule has 1 unspecified atom stereocenters. The Labute approximate surface area is 147 Å². The molecule has 2 aromatic heterocycles. The number of imidazole rings is 1. The molecule has 0 saturated carbocycles. The third-order valence-corrected chi connectivity index (χ3v) is 4.36. The van der Waals surface area contributed by atoms with Gasteiger partial charge in [0, 0.05) is 0 Å². The molecule has 0 radical (unpaired) electrons. The summed E-state index contributed by atoms with van der Waals surface area (Å²) in [6, 6.07) is 17.7. The van der Waals surface area contributed by atoms with Crippen molar-refractivity contribution in [3.8, 4) is 11.3 Å². The molecule has 3 heterocycles. The van der Waals surface area contributed by atoms with Gasteiger partial charge in [-0.3, -0.25) is 9.88 Å². The number of aromatic nitrogens is 2. The van der Waals surface area contributed by atoms with Gasteiger partial charge in [-0.15, -0.1) is 0 Å². The zero-order chi connectivity index (χ0) is 17.7. The number of fused-ring (bicyclic) bond motifs is 3. The van der Waals surface area contributed by atoms with E-state index in [1.165, 1.54) is 6.07 Å². The smallest absolute Gasteiger partial charge is 0.212 e. The van der Waals surface area contributed by atoms with Gasteiger partial charge in [0.25, 0.3) is 0 Å². The molecule has 0 saturated heterocycles. The maximum Gasteiger partial charge on any atom is 0.212 e. The number of anilines is 1. The summed E-state index contributed by atoms with van der Waals surface area (Å²) < 4.78 is 21.9. The lowest BCUT2D eigenvalue weighted by Crippen LogP contribution is -2.31. The highest BCUT2D eigenvalue weighted by Crippen LogP contribution is 2.35. The van der Waals surface area contributed by atoms with Gasteiger partial charge in [0.1, 0.15) is 17.3 Å². The summed E-state index contributed by atoms with van der Waals surface area (Å²) in [6.07, 6.45) is -0.515. The first-order valence-electron chi connectivity index (χ1n) is 8.12. The first kappa shape index (κ1) is 14.7. The minimum absolute atomic E-state index is 0.252. The minimum Gasteiger partial charge on any atom is -0.457 e. The van der Waals surface area contributed by atoms with Gasteiger partial charge >= 0.3 is 0 Å². The van der Waals surface area contributed by atoms with Gasteiger partial charge in [-0.1, -0.05) is 24.3 Å². The second-order valence-corrected chi connectivity index (χ2v) is 5.99. The molecule has 128 valence electrons. The maximum absolute atomic E-state index is 14.1. The molecule has 0 spiro atoms. The van der Waals surface area contributed by atoms with Gasteiger partial charge in [-0.05, 0) is 36.4 Å². The zero-order valence-corrected chi connectivity index (χ0v) is 13.6. The Morgan fingerprint density at radius 3 is 2.73 bits per heavy atom. The third-order valence-electron chi connectivity index (χ3n) is 4.36. The van der Waals surface area contributed by atoms with Crippen LogP contribution in [-0.2, 0) is 0 Å². The summed E-state index contributed by atoms with van der Waals surface area (Å²) in [7, 11) is 0. The normalized spacial score (nSPS) is 16.2. The van der Waals surface area contributed by atoms with Crippen molar-refractivity contribution in [1.29, 1.82) is 0 Å². The number of hydrogen-bond donors (Lipinski definition) is 2. The summed E-state index contributed by atoms with van der Waals surface area (Å²) in [4.78, 5) is 9.01. The molecule has 2 aromatic carbocycles. The first-order valence-corrected chi connectivity index (χ1v) is 8.12. The van der Waals surface area contributed by atoms with E-state index in [9.17, 15) is 4.39 Å². The molecule has 1 aliphatic heterocycles. The predicted octanol–water partition coefficient (Wildman–Crippen LogP) is 3.72. The Kier molecular flexibility index (Phi) is 3.08. The summed E-state index contributed by atoms with van der Waals surface area (Å²) in [6.45, 7) is 0. The summed E-state index contributed by atoms with van der Waals surface area (Å²) >= 11 is 0. The van der Waals surface area contributed by atoms with Crippen LogP contribution in [0.15, 0.2) is 70.1 Å². The molecule has 0 fully saturated rings. The number of halogens is 1. The largest absolute Gasteiger partial charge is 0.457 e. The monoisotopic (exact) mass is 347 g/mol. The van der Waals surface area contributed by atoms with Crippen molar-refractivity contribution in [2.24, 2.45) is 10.7 Å². The van der Waals surface area contributed by atoms with Gasteiger partial charge in [-0.25, -0.2) is 14.4 Å². The number of para-hydroxylation sites is 2.